The Hall–Kier alpha value is -0.760. The molecule has 1 atom stereocenters. The van der Waals surface area contributed by atoms with Gasteiger partial charge in [-0.2, -0.15) is 4.98 Å². The van der Waals surface area contributed by atoms with Crippen molar-refractivity contribution in [1.82, 2.24) is 10.1 Å². The molecule has 0 bridgehead atoms. The van der Waals surface area contributed by atoms with E-state index < -0.39 is 0 Å². The van der Waals surface area contributed by atoms with Crippen molar-refractivity contribution in [2.75, 3.05) is 13.2 Å². The number of hydrogen-bond donors (Lipinski definition) is 1. The lowest BCUT2D eigenvalue weighted by Crippen LogP contribution is -2.18. The predicted molar refractivity (Wildman–Crippen MR) is 68.7 cm³/mol. The molecule has 1 unspecified atom stereocenters. The van der Waals surface area contributed by atoms with Crippen LogP contribution in [-0.4, -0.2) is 23.4 Å². The van der Waals surface area contributed by atoms with Crippen LogP contribution in [0.25, 0.3) is 10.8 Å². The van der Waals surface area contributed by atoms with E-state index in [-0.39, 0.29) is 6.04 Å². The van der Waals surface area contributed by atoms with Gasteiger partial charge in [0.15, 0.2) is 5.82 Å². The van der Waals surface area contributed by atoms with Gasteiger partial charge in [-0.25, -0.2) is 0 Å². The first kappa shape index (κ1) is 12.7. The number of rotatable bonds is 5. The van der Waals surface area contributed by atoms with Gasteiger partial charge in [-0.15, -0.1) is 11.3 Å². The summed E-state index contributed by atoms with van der Waals surface area (Å²) in [6, 6.07) is 1.58. The summed E-state index contributed by atoms with van der Waals surface area (Å²) in [4.78, 5) is 5.17. The molecular formula is C10H12BrN3O2S. The standard InChI is InChI=1S/C10H12BrN3O2S/c1-2-15-5-7(12)9-13-10(16-14-9)8-6(11)3-4-17-8/h3-4,7H,2,5,12H2,1H3. The summed E-state index contributed by atoms with van der Waals surface area (Å²) in [5.41, 5.74) is 5.87. The maximum Gasteiger partial charge on any atom is 0.269 e. The van der Waals surface area contributed by atoms with E-state index in [0.717, 1.165) is 9.35 Å². The SMILES string of the molecule is CCOCC(N)c1noc(-c2sccc2Br)n1. The van der Waals surface area contributed by atoms with Gasteiger partial charge in [-0.3, -0.25) is 0 Å². The summed E-state index contributed by atoms with van der Waals surface area (Å²) in [7, 11) is 0. The van der Waals surface area contributed by atoms with Crippen molar-refractivity contribution >= 4 is 27.3 Å². The molecule has 0 aliphatic carbocycles. The molecule has 0 aliphatic rings. The number of hydrogen-bond acceptors (Lipinski definition) is 6. The maximum atomic E-state index is 5.87. The Kier molecular flexibility index (Phi) is 4.27. The lowest BCUT2D eigenvalue weighted by Gasteiger charge is -2.05. The second-order valence-corrected chi connectivity index (χ2v) is 5.09. The first-order valence-electron chi connectivity index (χ1n) is 5.12. The summed E-state index contributed by atoms with van der Waals surface area (Å²) < 4.78 is 11.3. The van der Waals surface area contributed by atoms with Gasteiger partial charge in [-0.05, 0) is 34.3 Å². The van der Waals surface area contributed by atoms with Crippen molar-refractivity contribution in [2.45, 2.75) is 13.0 Å². The molecule has 5 nitrogen and oxygen atoms in total. The van der Waals surface area contributed by atoms with Crippen LogP contribution in [0.1, 0.15) is 18.8 Å². The second-order valence-electron chi connectivity index (χ2n) is 3.32. The molecule has 2 aromatic rings. The third-order valence-electron chi connectivity index (χ3n) is 2.09. The molecule has 0 spiro atoms. The number of aromatic nitrogens is 2. The fourth-order valence-corrected chi connectivity index (χ4v) is 2.71. The summed E-state index contributed by atoms with van der Waals surface area (Å²) in [5, 5.41) is 5.81. The molecule has 7 heteroatoms. The van der Waals surface area contributed by atoms with Gasteiger partial charge in [0.2, 0.25) is 0 Å². The lowest BCUT2D eigenvalue weighted by atomic mass is 10.3. The molecule has 0 saturated carbocycles. The number of halogens is 1. The van der Waals surface area contributed by atoms with Gasteiger partial charge >= 0.3 is 0 Å². The van der Waals surface area contributed by atoms with Crippen molar-refractivity contribution in [3.8, 4) is 10.8 Å². The largest absolute Gasteiger partial charge is 0.380 e. The summed E-state index contributed by atoms with van der Waals surface area (Å²) >= 11 is 4.95. The second kappa shape index (κ2) is 5.72. The Morgan fingerprint density at radius 3 is 3.12 bits per heavy atom. The van der Waals surface area contributed by atoms with E-state index in [0.29, 0.717) is 24.9 Å². The molecule has 0 aromatic carbocycles. The van der Waals surface area contributed by atoms with Crippen molar-refractivity contribution < 1.29 is 9.26 Å². The van der Waals surface area contributed by atoms with Gasteiger partial charge in [0, 0.05) is 11.1 Å². The minimum Gasteiger partial charge on any atom is -0.380 e. The van der Waals surface area contributed by atoms with Gasteiger partial charge in [0.05, 0.1) is 12.6 Å². The van der Waals surface area contributed by atoms with E-state index in [4.69, 9.17) is 15.0 Å². The summed E-state index contributed by atoms with van der Waals surface area (Å²) in [5.74, 6) is 0.947. The Balaban J connectivity index is 2.13. The van der Waals surface area contributed by atoms with Gasteiger partial charge in [0.25, 0.3) is 5.89 Å². The maximum absolute atomic E-state index is 5.87. The Morgan fingerprint density at radius 2 is 2.47 bits per heavy atom. The molecular weight excluding hydrogens is 306 g/mol. The van der Waals surface area contributed by atoms with Gasteiger partial charge in [0.1, 0.15) is 4.88 Å². The molecule has 0 radical (unpaired) electrons. The highest BCUT2D eigenvalue weighted by molar-refractivity contribution is 9.10. The van der Waals surface area contributed by atoms with Crippen LogP contribution in [0.15, 0.2) is 20.4 Å². The number of nitrogens with zero attached hydrogens (tertiary/aromatic N) is 2. The lowest BCUT2D eigenvalue weighted by molar-refractivity contribution is 0.130. The van der Waals surface area contributed by atoms with E-state index in [1.165, 1.54) is 11.3 Å². The molecule has 0 saturated heterocycles. The fourth-order valence-electron chi connectivity index (χ4n) is 1.24. The molecule has 92 valence electrons. The molecule has 0 aliphatic heterocycles. The topological polar surface area (TPSA) is 74.2 Å². The van der Waals surface area contributed by atoms with Crippen molar-refractivity contribution in [1.29, 1.82) is 0 Å². The van der Waals surface area contributed by atoms with E-state index in [1.54, 1.807) is 0 Å². The zero-order valence-corrected chi connectivity index (χ0v) is 11.6. The average Bonchev–Trinajstić information content (AvgIpc) is 2.93. The minimum absolute atomic E-state index is 0.355. The highest BCUT2D eigenvalue weighted by Gasteiger charge is 2.17. The van der Waals surface area contributed by atoms with Gasteiger partial charge in [-0.1, -0.05) is 5.16 Å². The highest BCUT2D eigenvalue weighted by Crippen LogP contribution is 2.32. The highest BCUT2D eigenvalue weighted by atomic mass is 79.9. The summed E-state index contributed by atoms with van der Waals surface area (Å²) in [6.07, 6.45) is 0. The molecule has 2 N–H and O–H groups in total. The minimum atomic E-state index is -0.355. The zero-order chi connectivity index (χ0) is 12.3. The van der Waals surface area contributed by atoms with Crippen molar-refractivity contribution in [3.05, 3.63) is 21.7 Å². The quantitative estimate of drug-likeness (QED) is 0.917. The molecule has 2 heterocycles. The van der Waals surface area contributed by atoms with Crippen molar-refractivity contribution in [2.24, 2.45) is 5.73 Å². The van der Waals surface area contributed by atoms with E-state index >= 15 is 0 Å². The summed E-state index contributed by atoms with van der Waals surface area (Å²) in [6.45, 7) is 2.92. The number of thiophene rings is 1. The van der Waals surface area contributed by atoms with E-state index in [9.17, 15) is 0 Å². The Bertz CT molecular complexity index is 485. The van der Waals surface area contributed by atoms with Gasteiger partial charge < -0.3 is 15.0 Å². The van der Waals surface area contributed by atoms with E-state index in [2.05, 4.69) is 26.1 Å². The van der Waals surface area contributed by atoms with E-state index in [1.807, 2.05) is 18.4 Å². The van der Waals surface area contributed by atoms with Crippen LogP contribution in [0, 0.1) is 0 Å². The first-order valence-corrected chi connectivity index (χ1v) is 6.80. The molecule has 2 rings (SSSR count). The zero-order valence-electron chi connectivity index (χ0n) is 9.22. The van der Waals surface area contributed by atoms with Crippen LogP contribution < -0.4 is 5.73 Å². The first-order chi connectivity index (χ1) is 8.22. The van der Waals surface area contributed by atoms with Crippen LogP contribution in [0.2, 0.25) is 0 Å². The average molecular weight is 318 g/mol. The van der Waals surface area contributed by atoms with Crippen LogP contribution >= 0.6 is 27.3 Å². The molecule has 0 amide bonds. The number of ether oxygens (including phenoxy) is 1. The smallest absolute Gasteiger partial charge is 0.269 e. The monoisotopic (exact) mass is 317 g/mol. The molecule has 0 fully saturated rings. The third-order valence-corrected chi connectivity index (χ3v) is 3.91. The van der Waals surface area contributed by atoms with Crippen molar-refractivity contribution in [3.63, 3.8) is 0 Å². The van der Waals surface area contributed by atoms with Crippen LogP contribution in [0.4, 0.5) is 0 Å². The Labute approximate surface area is 111 Å². The molecule has 2 aromatic heterocycles. The molecule has 17 heavy (non-hydrogen) atoms. The predicted octanol–water partition coefficient (Wildman–Crippen LogP) is 2.60. The third kappa shape index (κ3) is 2.92. The van der Waals surface area contributed by atoms with Crippen LogP contribution in [0.3, 0.4) is 0 Å². The normalized spacial score (nSPS) is 12.9. The Morgan fingerprint density at radius 1 is 1.65 bits per heavy atom. The fraction of sp³-hybridized carbons (Fsp3) is 0.400. The number of nitrogens with two attached hydrogens (primary N) is 1. The van der Waals surface area contributed by atoms with Crippen LogP contribution in [-0.2, 0) is 4.74 Å². The van der Waals surface area contributed by atoms with Crippen LogP contribution in [0.5, 0.6) is 0 Å².